The molecule has 1 heterocycles. The molecule has 1 aromatic rings. The van der Waals surface area contributed by atoms with Gasteiger partial charge in [0.25, 0.3) is 0 Å². The number of nitrogens with zero attached hydrogens (tertiary/aromatic N) is 4. The molecule has 5 nitrogen and oxygen atoms in total. The molecule has 72 valence electrons. The van der Waals surface area contributed by atoms with Crippen LogP contribution in [0.2, 0.25) is 0 Å². The number of aromatic nitrogens is 4. The number of aldehydes is 1. The Kier molecular flexibility index (Phi) is 2.75. The Labute approximate surface area is 77.1 Å². The molecule has 1 rings (SSSR count). The minimum Gasteiger partial charge on any atom is -0.303 e. The Morgan fingerprint density at radius 1 is 1.62 bits per heavy atom. The van der Waals surface area contributed by atoms with E-state index in [1.807, 2.05) is 13.8 Å². The van der Waals surface area contributed by atoms with Gasteiger partial charge >= 0.3 is 0 Å². The number of carbonyl (C=O) groups excluding carboxylic acids is 1. The number of aryl methyl sites for hydroxylation is 1. The zero-order valence-electron chi connectivity index (χ0n) is 8.19. The van der Waals surface area contributed by atoms with Crippen molar-refractivity contribution in [2.24, 2.45) is 12.5 Å². The molecule has 0 saturated carbocycles. The normalized spacial score (nSPS) is 15.3. The maximum Gasteiger partial charge on any atom is 0.175 e. The summed E-state index contributed by atoms with van der Waals surface area (Å²) in [6, 6.07) is 0. The van der Waals surface area contributed by atoms with Crippen molar-refractivity contribution in [3.05, 3.63) is 5.82 Å². The highest BCUT2D eigenvalue weighted by molar-refractivity contribution is 5.58. The number of hydrogen-bond donors (Lipinski definition) is 0. The minimum absolute atomic E-state index is 0.358. The molecule has 0 saturated heterocycles. The molecule has 0 fully saturated rings. The van der Waals surface area contributed by atoms with Crippen LogP contribution in [0.4, 0.5) is 0 Å². The van der Waals surface area contributed by atoms with Crippen molar-refractivity contribution >= 4 is 6.29 Å². The molecule has 13 heavy (non-hydrogen) atoms. The molecule has 0 N–H and O–H groups in total. The third kappa shape index (κ3) is 2.34. The van der Waals surface area contributed by atoms with E-state index in [9.17, 15) is 4.79 Å². The van der Waals surface area contributed by atoms with Gasteiger partial charge in [-0.2, -0.15) is 4.80 Å². The second-order valence-electron chi connectivity index (χ2n) is 3.50. The summed E-state index contributed by atoms with van der Waals surface area (Å²) >= 11 is 0. The van der Waals surface area contributed by atoms with Crippen LogP contribution in [-0.2, 0) is 18.3 Å². The molecule has 1 aromatic heterocycles. The smallest absolute Gasteiger partial charge is 0.175 e. The van der Waals surface area contributed by atoms with E-state index in [-0.39, 0.29) is 5.41 Å². The van der Waals surface area contributed by atoms with E-state index in [1.54, 1.807) is 7.05 Å². The summed E-state index contributed by atoms with van der Waals surface area (Å²) in [7, 11) is 1.71. The number of rotatable bonds is 4. The summed E-state index contributed by atoms with van der Waals surface area (Å²) in [5, 5.41) is 11.6. The summed E-state index contributed by atoms with van der Waals surface area (Å²) < 4.78 is 0. The van der Waals surface area contributed by atoms with Gasteiger partial charge in [-0.3, -0.25) is 0 Å². The van der Waals surface area contributed by atoms with Crippen molar-refractivity contribution < 1.29 is 4.79 Å². The number of tetrazole rings is 1. The molecule has 0 spiro atoms. The molecular weight excluding hydrogens is 168 g/mol. The SMILES string of the molecule is CCC(C)(C=O)Cc1nnn(C)n1. The van der Waals surface area contributed by atoms with E-state index in [4.69, 9.17) is 0 Å². The molecule has 0 bridgehead atoms. The van der Waals surface area contributed by atoms with Gasteiger partial charge in [0.2, 0.25) is 0 Å². The number of carbonyl (C=O) groups is 1. The molecular formula is C8H14N4O. The van der Waals surface area contributed by atoms with Crippen molar-refractivity contribution in [2.45, 2.75) is 26.7 Å². The van der Waals surface area contributed by atoms with Crippen LogP contribution in [0.1, 0.15) is 26.1 Å². The second-order valence-corrected chi connectivity index (χ2v) is 3.50. The first kappa shape index (κ1) is 9.83. The van der Waals surface area contributed by atoms with Gasteiger partial charge in [0.05, 0.1) is 7.05 Å². The highest BCUT2D eigenvalue weighted by Crippen LogP contribution is 2.21. The molecule has 1 atom stereocenters. The Morgan fingerprint density at radius 3 is 2.69 bits per heavy atom. The van der Waals surface area contributed by atoms with Crippen LogP contribution < -0.4 is 0 Å². The van der Waals surface area contributed by atoms with Crippen LogP contribution in [0.25, 0.3) is 0 Å². The first-order chi connectivity index (χ1) is 6.09. The largest absolute Gasteiger partial charge is 0.303 e. The zero-order valence-corrected chi connectivity index (χ0v) is 8.19. The van der Waals surface area contributed by atoms with Crippen LogP contribution in [-0.4, -0.2) is 26.5 Å². The van der Waals surface area contributed by atoms with E-state index < -0.39 is 0 Å². The molecule has 0 radical (unpaired) electrons. The van der Waals surface area contributed by atoms with Crippen LogP contribution in [0.15, 0.2) is 0 Å². The highest BCUT2D eigenvalue weighted by atomic mass is 16.1. The first-order valence-corrected chi connectivity index (χ1v) is 4.29. The fraction of sp³-hybridized carbons (Fsp3) is 0.750. The lowest BCUT2D eigenvalue weighted by molar-refractivity contribution is -0.115. The van der Waals surface area contributed by atoms with Gasteiger partial charge in [0, 0.05) is 11.8 Å². The third-order valence-electron chi connectivity index (χ3n) is 2.20. The fourth-order valence-electron chi connectivity index (χ4n) is 1.01. The predicted molar refractivity (Wildman–Crippen MR) is 47.0 cm³/mol. The van der Waals surface area contributed by atoms with Crippen molar-refractivity contribution in [3.63, 3.8) is 0 Å². The Hall–Kier alpha value is -1.26. The van der Waals surface area contributed by atoms with Crippen LogP contribution >= 0.6 is 0 Å². The van der Waals surface area contributed by atoms with Gasteiger partial charge < -0.3 is 4.79 Å². The van der Waals surface area contributed by atoms with E-state index in [2.05, 4.69) is 15.4 Å². The lowest BCUT2D eigenvalue weighted by Gasteiger charge is -2.17. The lowest BCUT2D eigenvalue weighted by atomic mass is 9.86. The summed E-state index contributed by atoms with van der Waals surface area (Å²) in [4.78, 5) is 12.2. The van der Waals surface area contributed by atoms with Crippen molar-refractivity contribution in [3.8, 4) is 0 Å². The minimum atomic E-state index is -0.358. The van der Waals surface area contributed by atoms with E-state index >= 15 is 0 Å². The molecule has 1 unspecified atom stereocenters. The van der Waals surface area contributed by atoms with Crippen molar-refractivity contribution in [1.82, 2.24) is 20.2 Å². The van der Waals surface area contributed by atoms with E-state index in [0.717, 1.165) is 12.7 Å². The van der Waals surface area contributed by atoms with Gasteiger partial charge in [-0.1, -0.05) is 13.8 Å². The maximum atomic E-state index is 10.8. The predicted octanol–water partition coefficient (Wildman–Crippen LogP) is 0.368. The Bertz CT molecular complexity index is 296. The van der Waals surface area contributed by atoms with Gasteiger partial charge in [-0.05, 0) is 11.6 Å². The van der Waals surface area contributed by atoms with E-state index in [1.165, 1.54) is 4.80 Å². The summed E-state index contributed by atoms with van der Waals surface area (Å²) in [6.45, 7) is 3.88. The van der Waals surface area contributed by atoms with E-state index in [0.29, 0.717) is 12.2 Å². The molecule has 0 amide bonds. The van der Waals surface area contributed by atoms with Crippen molar-refractivity contribution in [1.29, 1.82) is 0 Å². The monoisotopic (exact) mass is 182 g/mol. The highest BCUT2D eigenvalue weighted by Gasteiger charge is 2.23. The standard InChI is InChI=1S/C8H14N4O/c1-4-8(2,6-13)5-7-9-11-12(3)10-7/h6H,4-5H2,1-3H3. The molecule has 0 aromatic carbocycles. The molecule has 5 heteroatoms. The second kappa shape index (κ2) is 3.64. The molecule has 0 aliphatic rings. The Balaban J connectivity index is 2.72. The van der Waals surface area contributed by atoms with Gasteiger partial charge in [-0.15, -0.1) is 10.2 Å². The average molecular weight is 182 g/mol. The van der Waals surface area contributed by atoms with Gasteiger partial charge in [-0.25, -0.2) is 0 Å². The quantitative estimate of drug-likeness (QED) is 0.631. The summed E-state index contributed by atoms with van der Waals surface area (Å²) in [6.07, 6.45) is 2.30. The topological polar surface area (TPSA) is 60.7 Å². The zero-order chi connectivity index (χ0) is 9.90. The fourth-order valence-corrected chi connectivity index (χ4v) is 1.01. The molecule has 0 aliphatic carbocycles. The summed E-state index contributed by atoms with van der Waals surface area (Å²) in [5.41, 5.74) is -0.358. The molecule has 0 aliphatic heterocycles. The van der Waals surface area contributed by atoms with Crippen LogP contribution in [0.3, 0.4) is 0 Å². The third-order valence-corrected chi connectivity index (χ3v) is 2.20. The summed E-state index contributed by atoms with van der Waals surface area (Å²) in [5.74, 6) is 0.624. The first-order valence-electron chi connectivity index (χ1n) is 4.29. The number of hydrogen-bond acceptors (Lipinski definition) is 4. The van der Waals surface area contributed by atoms with Crippen LogP contribution in [0.5, 0.6) is 0 Å². The van der Waals surface area contributed by atoms with Crippen molar-refractivity contribution in [2.75, 3.05) is 0 Å². The van der Waals surface area contributed by atoms with Gasteiger partial charge in [0.15, 0.2) is 5.82 Å². The maximum absolute atomic E-state index is 10.8. The lowest BCUT2D eigenvalue weighted by Crippen LogP contribution is -2.21. The van der Waals surface area contributed by atoms with Crippen LogP contribution in [0, 0.1) is 5.41 Å². The Morgan fingerprint density at radius 2 is 2.31 bits per heavy atom. The average Bonchev–Trinajstić information content (AvgIpc) is 2.51. The van der Waals surface area contributed by atoms with Gasteiger partial charge in [0.1, 0.15) is 6.29 Å².